The highest BCUT2D eigenvalue weighted by molar-refractivity contribution is 5.09. The van der Waals surface area contributed by atoms with Crippen molar-refractivity contribution in [2.75, 3.05) is 0 Å². The molecule has 1 rings (SSSR count). The highest BCUT2D eigenvalue weighted by Gasteiger charge is 2.38. The molecule has 0 nitrogen and oxygen atoms in total. The van der Waals surface area contributed by atoms with Crippen LogP contribution < -0.4 is 0 Å². The van der Waals surface area contributed by atoms with Gasteiger partial charge in [-0.25, -0.2) is 0 Å². The van der Waals surface area contributed by atoms with Crippen molar-refractivity contribution < 1.29 is 0 Å². The van der Waals surface area contributed by atoms with Crippen LogP contribution in [0, 0.1) is 5.41 Å². The molecule has 0 spiro atoms. The van der Waals surface area contributed by atoms with Crippen molar-refractivity contribution in [3.8, 4) is 0 Å². The van der Waals surface area contributed by atoms with Gasteiger partial charge in [-0.15, -0.1) is 6.58 Å². The summed E-state index contributed by atoms with van der Waals surface area (Å²) in [5.41, 5.74) is 0.601. The average molecular weight is 164 g/mol. The number of unbranched alkanes of at least 4 members (excludes halogenated alkanes) is 1. The van der Waals surface area contributed by atoms with Gasteiger partial charge in [-0.3, -0.25) is 0 Å². The minimum atomic E-state index is 0.601. The summed E-state index contributed by atoms with van der Waals surface area (Å²) < 4.78 is 0. The quantitative estimate of drug-likeness (QED) is 0.519. The van der Waals surface area contributed by atoms with Crippen LogP contribution >= 0.6 is 0 Å². The zero-order chi connectivity index (χ0) is 8.86. The first-order valence-electron chi connectivity index (χ1n) is 5.11. The normalized spacial score (nSPS) is 19.8. The maximum Gasteiger partial charge on any atom is -0.0115 e. The number of hydrogen-bond donors (Lipinski definition) is 0. The van der Waals surface area contributed by atoms with E-state index in [1.54, 1.807) is 0 Å². The van der Waals surface area contributed by atoms with Crippen molar-refractivity contribution in [2.45, 2.75) is 45.4 Å². The van der Waals surface area contributed by atoms with Crippen LogP contribution in [0.15, 0.2) is 24.8 Å². The van der Waals surface area contributed by atoms with Gasteiger partial charge in [0.05, 0.1) is 0 Å². The van der Waals surface area contributed by atoms with Crippen molar-refractivity contribution in [3.63, 3.8) is 0 Å². The first-order chi connectivity index (χ1) is 5.83. The average Bonchev–Trinajstić information content (AvgIpc) is 2.83. The van der Waals surface area contributed by atoms with Crippen molar-refractivity contribution >= 4 is 0 Å². The Bertz CT molecular complexity index is 161. The van der Waals surface area contributed by atoms with Crippen molar-refractivity contribution in [2.24, 2.45) is 5.41 Å². The van der Waals surface area contributed by atoms with Gasteiger partial charge in [0.25, 0.3) is 0 Å². The Morgan fingerprint density at radius 3 is 2.58 bits per heavy atom. The van der Waals surface area contributed by atoms with E-state index in [1.165, 1.54) is 38.5 Å². The summed E-state index contributed by atoms with van der Waals surface area (Å²) in [5, 5.41) is 0. The maximum absolute atomic E-state index is 3.76. The smallest absolute Gasteiger partial charge is 0.0115 e. The summed E-state index contributed by atoms with van der Waals surface area (Å²) in [6.45, 7) is 5.99. The van der Waals surface area contributed by atoms with Crippen molar-refractivity contribution in [1.82, 2.24) is 0 Å². The number of hydrogen-bond acceptors (Lipinski definition) is 0. The molecule has 0 N–H and O–H groups in total. The fraction of sp³-hybridized carbons (Fsp3) is 0.667. The molecule has 0 aliphatic heterocycles. The molecule has 0 amide bonds. The molecular weight excluding hydrogens is 144 g/mol. The zero-order valence-corrected chi connectivity index (χ0v) is 8.18. The van der Waals surface area contributed by atoms with Gasteiger partial charge in [0.2, 0.25) is 0 Å². The van der Waals surface area contributed by atoms with Gasteiger partial charge in [0, 0.05) is 0 Å². The fourth-order valence-corrected chi connectivity index (χ4v) is 1.55. The molecule has 1 aliphatic rings. The van der Waals surface area contributed by atoms with E-state index in [1.807, 2.05) is 6.08 Å². The van der Waals surface area contributed by atoms with Crippen LogP contribution in [-0.2, 0) is 0 Å². The summed E-state index contributed by atoms with van der Waals surface area (Å²) in [4.78, 5) is 0. The molecule has 0 atom stereocenters. The molecular formula is C12H20. The van der Waals surface area contributed by atoms with Crippen LogP contribution in [0.4, 0.5) is 0 Å². The lowest BCUT2D eigenvalue weighted by Crippen LogP contribution is -1.93. The van der Waals surface area contributed by atoms with Gasteiger partial charge in [-0.1, -0.05) is 31.6 Å². The third-order valence-electron chi connectivity index (χ3n) is 2.67. The molecule has 0 heteroatoms. The first-order valence-corrected chi connectivity index (χ1v) is 5.11. The first kappa shape index (κ1) is 9.57. The van der Waals surface area contributed by atoms with Crippen LogP contribution in [-0.4, -0.2) is 0 Å². The van der Waals surface area contributed by atoms with E-state index < -0.39 is 0 Å². The van der Waals surface area contributed by atoms with Gasteiger partial charge in [-0.05, 0) is 37.5 Å². The Kier molecular flexibility index (Phi) is 3.58. The number of allylic oxidation sites excluding steroid dienone is 3. The summed E-state index contributed by atoms with van der Waals surface area (Å²) in [6.07, 6.45) is 14.7. The second-order valence-corrected chi connectivity index (χ2v) is 3.88. The molecule has 0 aromatic heterocycles. The van der Waals surface area contributed by atoms with Crippen LogP contribution in [0.2, 0.25) is 0 Å². The summed E-state index contributed by atoms with van der Waals surface area (Å²) in [5.74, 6) is 0. The Labute approximate surface area is 76.4 Å². The lowest BCUT2D eigenvalue weighted by atomic mass is 9.99. The molecule has 0 saturated heterocycles. The van der Waals surface area contributed by atoms with E-state index in [0.717, 1.165) is 0 Å². The van der Waals surface area contributed by atoms with Gasteiger partial charge in [0.1, 0.15) is 0 Å². The largest absolute Gasteiger partial charge is 0.103 e. The highest BCUT2D eigenvalue weighted by atomic mass is 14.4. The number of rotatable bonds is 6. The van der Waals surface area contributed by atoms with E-state index in [2.05, 4.69) is 25.7 Å². The second kappa shape index (κ2) is 4.49. The lowest BCUT2D eigenvalue weighted by Gasteiger charge is -2.06. The molecule has 68 valence electrons. The predicted molar refractivity (Wildman–Crippen MR) is 55.1 cm³/mol. The van der Waals surface area contributed by atoms with E-state index in [9.17, 15) is 0 Å². The van der Waals surface area contributed by atoms with Gasteiger partial charge in [-0.2, -0.15) is 0 Å². The second-order valence-electron chi connectivity index (χ2n) is 3.88. The third kappa shape index (κ3) is 2.84. The summed E-state index contributed by atoms with van der Waals surface area (Å²) in [7, 11) is 0. The van der Waals surface area contributed by atoms with Crippen LogP contribution in [0.5, 0.6) is 0 Å². The van der Waals surface area contributed by atoms with Crippen LogP contribution in [0.3, 0.4) is 0 Å². The molecule has 0 aromatic rings. The topological polar surface area (TPSA) is 0 Å². The Morgan fingerprint density at radius 1 is 1.33 bits per heavy atom. The van der Waals surface area contributed by atoms with Crippen molar-refractivity contribution in [1.29, 1.82) is 0 Å². The molecule has 0 bridgehead atoms. The molecule has 0 heterocycles. The SMILES string of the molecule is C=CCCC1(C=CCCC)CC1. The Hall–Kier alpha value is -0.520. The van der Waals surface area contributed by atoms with Crippen LogP contribution in [0.25, 0.3) is 0 Å². The Morgan fingerprint density at radius 2 is 2.08 bits per heavy atom. The molecule has 1 fully saturated rings. The predicted octanol–water partition coefficient (Wildman–Crippen LogP) is 4.09. The van der Waals surface area contributed by atoms with E-state index in [4.69, 9.17) is 0 Å². The molecule has 0 aromatic carbocycles. The zero-order valence-electron chi connectivity index (χ0n) is 8.18. The maximum atomic E-state index is 3.76. The summed E-state index contributed by atoms with van der Waals surface area (Å²) >= 11 is 0. The van der Waals surface area contributed by atoms with Gasteiger partial charge >= 0.3 is 0 Å². The standard InChI is InChI=1S/C12H20/c1-3-5-7-9-12(10-11-12)8-6-4-2/h4,7,9H,2-3,5-6,8,10-11H2,1H3. The highest BCUT2D eigenvalue weighted by Crippen LogP contribution is 2.51. The minimum absolute atomic E-state index is 0.601. The summed E-state index contributed by atoms with van der Waals surface area (Å²) in [6, 6.07) is 0. The molecule has 1 saturated carbocycles. The molecule has 1 aliphatic carbocycles. The molecule has 0 radical (unpaired) electrons. The van der Waals surface area contributed by atoms with Gasteiger partial charge in [0.15, 0.2) is 0 Å². The van der Waals surface area contributed by atoms with E-state index in [0.29, 0.717) is 5.41 Å². The molecule has 0 unspecified atom stereocenters. The van der Waals surface area contributed by atoms with E-state index in [-0.39, 0.29) is 0 Å². The van der Waals surface area contributed by atoms with Crippen LogP contribution in [0.1, 0.15) is 45.4 Å². The lowest BCUT2D eigenvalue weighted by molar-refractivity contribution is 0.589. The minimum Gasteiger partial charge on any atom is -0.103 e. The monoisotopic (exact) mass is 164 g/mol. The Balaban J connectivity index is 2.24. The van der Waals surface area contributed by atoms with Crippen molar-refractivity contribution in [3.05, 3.63) is 24.8 Å². The van der Waals surface area contributed by atoms with Gasteiger partial charge < -0.3 is 0 Å². The third-order valence-corrected chi connectivity index (χ3v) is 2.67. The molecule has 12 heavy (non-hydrogen) atoms. The van der Waals surface area contributed by atoms with E-state index >= 15 is 0 Å². The fourth-order valence-electron chi connectivity index (χ4n) is 1.55.